The van der Waals surface area contributed by atoms with E-state index in [1.54, 1.807) is 6.07 Å². The fourth-order valence-corrected chi connectivity index (χ4v) is 1.76. The second-order valence-electron chi connectivity index (χ2n) is 3.17. The van der Waals surface area contributed by atoms with Crippen LogP contribution >= 0.6 is 11.6 Å². The summed E-state index contributed by atoms with van der Waals surface area (Å²) in [6, 6.07) is 3.51. The van der Waals surface area contributed by atoms with Crippen molar-refractivity contribution in [3.8, 4) is 5.75 Å². The number of nitrogens with two attached hydrogens (primary N) is 1. The molecule has 0 bridgehead atoms. The zero-order valence-electron chi connectivity index (χ0n) is 7.55. The van der Waals surface area contributed by atoms with Gasteiger partial charge in [0.15, 0.2) is 0 Å². The lowest BCUT2D eigenvalue weighted by Crippen LogP contribution is -2.01. The van der Waals surface area contributed by atoms with E-state index in [0.717, 1.165) is 22.9 Å². The number of halogens is 1. The molecule has 0 radical (unpaired) electrons. The number of phenolic OH excluding ortho intramolecular Hbond substituents is 1. The van der Waals surface area contributed by atoms with Crippen LogP contribution in [0.25, 0.3) is 10.9 Å². The van der Waals surface area contributed by atoms with Crippen LogP contribution in [0.15, 0.2) is 18.3 Å². The molecule has 0 saturated heterocycles. The highest BCUT2D eigenvalue weighted by molar-refractivity contribution is 6.33. The van der Waals surface area contributed by atoms with E-state index in [4.69, 9.17) is 17.3 Å². The Bertz CT molecular complexity index is 464. The average Bonchev–Trinajstić information content (AvgIpc) is 2.57. The van der Waals surface area contributed by atoms with E-state index in [1.807, 2.05) is 12.3 Å². The Hall–Kier alpha value is -1.19. The Balaban J connectivity index is 2.69. The minimum Gasteiger partial charge on any atom is -0.506 e. The Kier molecular flexibility index (Phi) is 2.35. The van der Waals surface area contributed by atoms with Gasteiger partial charge in [-0.1, -0.05) is 11.6 Å². The van der Waals surface area contributed by atoms with Crippen LogP contribution in [0.2, 0.25) is 5.02 Å². The first-order chi connectivity index (χ1) is 6.74. The summed E-state index contributed by atoms with van der Waals surface area (Å²) in [4.78, 5) is 3.07. The summed E-state index contributed by atoms with van der Waals surface area (Å²) in [7, 11) is 0. The summed E-state index contributed by atoms with van der Waals surface area (Å²) >= 11 is 5.82. The normalized spacial score (nSPS) is 11.0. The highest BCUT2D eigenvalue weighted by atomic mass is 35.5. The molecular weight excluding hydrogens is 200 g/mol. The number of aromatic amines is 1. The number of nitrogens with one attached hydrogen (secondary N) is 1. The molecule has 1 heterocycles. The molecule has 0 unspecified atom stereocenters. The predicted molar refractivity (Wildman–Crippen MR) is 57.7 cm³/mol. The third-order valence-electron chi connectivity index (χ3n) is 2.27. The maximum atomic E-state index is 9.76. The molecule has 1 aromatic carbocycles. The first kappa shape index (κ1) is 9.37. The van der Waals surface area contributed by atoms with Crippen molar-refractivity contribution in [2.75, 3.05) is 6.54 Å². The zero-order valence-corrected chi connectivity index (χ0v) is 8.30. The summed E-state index contributed by atoms with van der Waals surface area (Å²) < 4.78 is 0. The van der Waals surface area contributed by atoms with Crippen molar-refractivity contribution >= 4 is 22.5 Å². The van der Waals surface area contributed by atoms with Crippen LogP contribution in [0.5, 0.6) is 5.75 Å². The molecule has 2 aromatic rings. The van der Waals surface area contributed by atoms with Gasteiger partial charge in [-0.25, -0.2) is 0 Å². The number of aromatic hydroxyl groups is 1. The highest BCUT2D eigenvalue weighted by Crippen LogP contribution is 2.34. The molecule has 0 aliphatic rings. The van der Waals surface area contributed by atoms with E-state index in [0.29, 0.717) is 11.6 Å². The molecule has 0 amide bonds. The molecule has 1 aromatic heterocycles. The lowest BCUT2D eigenvalue weighted by atomic mass is 10.1. The maximum absolute atomic E-state index is 9.76. The van der Waals surface area contributed by atoms with Gasteiger partial charge in [-0.3, -0.25) is 0 Å². The largest absolute Gasteiger partial charge is 0.506 e. The third-order valence-corrected chi connectivity index (χ3v) is 2.57. The van der Waals surface area contributed by atoms with Crippen LogP contribution in [0.1, 0.15) is 5.56 Å². The highest BCUT2D eigenvalue weighted by Gasteiger charge is 2.10. The number of phenols is 1. The minimum atomic E-state index is 0.133. The second kappa shape index (κ2) is 3.52. The average molecular weight is 211 g/mol. The predicted octanol–water partition coefficient (Wildman–Crippen LogP) is 2.03. The molecule has 4 N–H and O–H groups in total. The van der Waals surface area contributed by atoms with Crippen molar-refractivity contribution in [3.05, 3.63) is 28.9 Å². The van der Waals surface area contributed by atoms with E-state index < -0.39 is 0 Å². The number of fused-ring (bicyclic) bond motifs is 1. The Morgan fingerprint density at radius 2 is 2.21 bits per heavy atom. The second-order valence-corrected chi connectivity index (χ2v) is 3.58. The summed E-state index contributed by atoms with van der Waals surface area (Å²) in [5, 5.41) is 10.9. The van der Waals surface area contributed by atoms with E-state index in [-0.39, 0.29) is 5.75 Å². The molecule has 0 atom stereocenters. The summed E-state index contributed by atoms with van der Waals surface area (Å²) in [5.41, 5.74) is 7.36. The van der Waals surface area contributed by atoms with Crippen LogP contribution in [-0.2, 0) is 6.42 Å². The first-order valence-electron chi connectivity index (χ1n) is 4.41. The standard InChI is InChI=1S/C10H11ClN2O/c11-7-1-2-8-9(10(7)14)6(3-4-12)5-13-8/h1-2,5,13-14H,3-4,12H2. The van der Waals surface area contributed by atoms with Gasteiger partial charge >= 0.3 is 0 Å². The van der Waals surface area contributed by atoms with Gasteiger partial charge < -0.3 is 15.8 Å². The van der Waals surface area contributed by atoms with Gasteiger partial charge in [0, 0.05) is 17.1 Å². The lowest BCUT2D eigenvalue weighted by molar-refractivity contribution is 0.481. The summed E-state index contributed by atoms with van der Waals surface area (Å²) in [6.45, 7) is 0.554. The number of hydrogen-bond acceptors (Lipinski definition) is 2. The van der Waals surface area contributed by atoms with Crippen molar-refractivity contribution in [2.24, 2.45) is 5.73 Å². The van der Waals surface area contributed by atoms with Crippen LogP contribution in [0.3, 0.4) is 0 Å². The Labute approximate surface area is 86.5 Å². The van der Waals surface area contributed by atoms with Crippen LogP contribution in [0.4, 0.5) is 0 Å². The zero-order chi connectivity index (χ0) is 10.1. The third kappa shape index (κ3) is 1.35. The van der Waals surface area contributed by atoms with Crippen molar-refractivity contribution in [3.63, 3.8) is 0 Å². The molecule has 4 heteroatoms. The van der Waals surface area contributed by atoms with Gasteiger partial charge in [-0.2, -0.15) is 0 Å². The van der Waals surface area contributed by atoms with E-state index in [9.17, 15) is 5.11 Å². The molecule has 74 valence electrons. The molecule has 3 nitrogen and oxygen atoms in total. The summed E-state index contributed by atoms with van der Waals surface area (Å²) in [5.74, 6) is 0.133. The van der Waals surface area contributed by atoms with E-state index in [1.165, 1.54) is 0 Å². The monoisotopic (exact) mass is 210 g/mol. The number of H-pyrrole nitrogens is 1. The number of hydrogen-bond donors (Lipinski definition) is 3. The van der Waals surface area contributed by atoms with Gasteiger partial charge in [-0.05, 0) is 30.7 Å². The van der Waals surface area contributed by atoms with Crippen molar-refractivity contribution in [1.82, 2.24) is 4.98 Å². The van der Waals surface area contributed by atoms with E-state index >= 15 is 0 Å². The molecule has 0 spiro atoms. The Morgan fingerprint density at radius 1 is 1.43 bits per heavy atom. The number of rotatable bonds is 2. The van der Waals surface area contributed by atoms with Gasteiger partial charge in [0.1, 0.15) is 5.75 Å². The molecular formula is C10H11ClN2O. The molecule has 0 fully saturated rings. The molecule has 0 aliphatic carbocycles. The van der Waals surface area contributed by atoms with Crippen LogP contribution in [-0.4, -0.2) is 16.6 Å². The maximum Gasteiger partial charge on any atom is 0.143 e. The quantitative estimate of drug-likeness (QED) is 0.710. The number of benzene rings is 1. The molecule has 2 rings (SSSR count). The molecule has 14 heavy (non-hydrogen) atoms. The van der Waals surface area contributed by atoms with Crippen molar-refractivity contribution in [2.45, 2.75) is 6.42 Å². The topological polar surface area (TPSA) is 62.0 Å². The van der Waals surface area contributed by atoms with Crippen LogP contribution < -0.4 is 5.73 Å². The van der Waals surface area contributed by atoms with Gasteiger partial charge in [0.2, 0.25) is 0 Å². The van der Waals surface area contributed by atoms with Gasteiger partial charge in [0.05, 0.1) is 5.02 Å². The molecule has 0 saturated carbocycles. The number of aromatic nitrogens is 1. The van der Waals surface area contributed by atoms with E-state index in [2.05, 4.69) is 4.98 Å². The Morgan fingerprint density at radius 3 is 2.93 bits per heavy atom. The fourth-order valence-electron chi connectivity index (χ4n) is 1.60. The first-order valence-corrected chi connectivity index (χ1v) is 4.79. The SMILES string of the molecule is NCCc1c[nH]c2ccc(Cl)c(O)c12. The minimum absolute atomic E-state index is 0.133. The van der Waals surface area contributed by atoms with Gasteiger partial charge in [0.25, 0.3) is 0 Å². The van der Waals surface area contributed by atoms with Gasteiger partial charge in [-0.15, -0.1) is 0 Å². The lowest BCUT2D eigenvalue weighted by Gasteiger charge is -2.01. The van der Waals surface area contributed by atoms with Crippen LogP contribution in [0, 0.1) is 0 Å². The van der Waals surface area contributed by atoms with Crippen molar-refractivity contribution in [1.29, 1.82) is 0 Å². The van der Waals surface area contributed by atoms with Crippen molar-refractivity contribution < 1.29 is 5.11 Å². The summed E-state index contributed by atoms with van der Waals surface area (Å²) in [6.07, 6.45) is 2.58. The smallest absolute Gasteiger partial charge is 0.143 e. The fraction of sp³-hybridized carbons (Fsp3) is 0.200. The molecule has 0 aliphatic heterocycles.